The number of nitrogen functional groups attached to an aromatic ring is 1. The Labute approximate surface area is 114 Å². The number of anilines is 1. The molecule has 0 bridgehead atoms. The van der Waals surface area contributed by atoms with Gasteiger partial charge in [0, 0.05) is 13.1 Å². The van der Waals surface area contributed by atoms with Gasteiger partial charge in [0.05, 0.1) is 17.9 Å². The van der Waals surface area contributed by atoms with Gasteiger partial charge in [0.1, 0.15) is 0 Å². The molecular formula is C15H22N2O2. The summed E-state index contributed by atoms with van der Waals surface area (Å²) in [6, 6.07) is 5.25. The fourth-order valence-electron chi connectivity index (χ4n) is 1.90. The summed E-state index contributed by atoms with van der Waals surface area (Å²) in [6.07, 6.45) is 2.62. The quantitative estimate of drug-likeness (QED) is 0.607. The van der Waals surface area contributed by atoms with Gasteiger partial charge in [-0.3, -0.25) is 4.79 Å². The van der Waals surface area contributed by atoms with Gasteiger partial charge in [0.15, 0.2) is 5.75 Å². The van der Waals surface area contributed by atoms with Crippen molar-refractivity contribution in [3.05, 3.63) is 36.4 Å². The number of rotatable bonds is 7. The lowest BCUT2D eigenvalue weighted by Crippen LogP contribution is -2.32. The van der Waals surface area contributed by atoms with Gasteiger partial charge < -0.3 is 15.4 Å². The zero-order chi connectivity index (χ0) is 14.3. The molecule has 0 aliphatic rings. The smallest absolute Gasteiger partial charge is 0.257 e. The van der Waals surface area contributed by atoms with Crippen LogP contribution in [-0.2, 0) is 0 Å². The first-order valence-corrected chi connectivity index (χ1v) is 6.57. The molecule has 0 fully saturated rings. The van der Waals surface area contributed by atoms with Crippen LogP contribution in [0.2, 0.25) is 0 Å². The monoisotopic (exact) mass is 262 g/mol. The molecule has 0 aliphatic heterocycles. The van der Waals surface area contributed by atoms with E-state index < -0.39 is 0 Å². The summed E-state index contributed by atoms with van der Waals surface area (Å²) in [5, 5.41) is 0. The van der Waals surface area contributed by atoms with E-state index >= 15 is 0 Å². The topological polar surface area (TPSA) is 55.6 Å². The zero-order valence-corrected chi connectivity index (χ0v) is 11.7. The minimum Gasteiger partial charge on any atom is -0.491 e. The van der Waals surface area contributed by atoms with Crippen LogP contribution < -0.4 is 10.5 Å². The van der Waals surface area contributed by atoms with Gasteiger partial charge in [-0.2, -0.15) is 0 Å². The van der Waals surface area contributed by atoms with Crippen molar-refractivity contribution in [2.75, 3.05) is 25.4 Å². The van der Waals surface area contributed by atoms with Crippen LogP contribution in [-0.4, -0.2) is 30.5 Å². The van der Waals surface area contributed by atoms with Crippen LogP contribution in [0.3, 0.4) is 0 Å². The Morgan fingerprint density at radius 1 is 1.47 bits per heavy atom. The molecule has 0 saturated heterocycles. The minimum atomic E-state index is -0.0718. The predicted octanol–water partition coefficient (Wildman–Crippen LogP) is 2.71. The summed E-state index contributed by atoms with van der Waals surface area (Å²) >= 11 is 0. The van der Waals surface area contributed by atoms with E-state index in [0.29, 0.717) is 36.7 Å². The second-order valence-corrected chi connectivity index (χ2v) is 4.20. The number of carbonyl (C=O) groups is 1. The van der Waals surface area contributed by atoms with E-state index in [9.17, 15) is 4.79 Å². The molecule has 1 aromatic rings. The summed E-state index contributed by atoms with van der Waals surface area (Å²) in [4.78, 5) is 14.3. The summed E-state index contributed by atoms with van der Waals surface area (Å²) in [5.74, 6) is 0.401. The lowest BCUT2D eigenvalue weighted by Gasteiger charge is -2.22. The lowest BCUT2D eigenvalue weighted by atomic mass is 10.1. The fraction of sp³-hybridized carbons (Fsp3) is 0.400. The van der Waals surface area contributed by atoms with E-state index in [1.165, 1.54) is 0 Å². The van der Waals surface area contributed by atoms with Crippen LogP contribution >= 0.6 is 0 Å². The standard InChI is InChI=1S/C15H22N2O2/c1-4-10-17(11-5-2)15(18)12-8-7-9-13(16)14(12)19-6-3/h4,7-9H,1,5-6,10-11,16H2,2-3H3. The van der Waals surface area contributed by atoms with Gasteiger partial charge >= 0.3 is 0 Å². The van der Waals surface area contributed by atoms with Crippen LogP contribution in [0.1, 0.15) is 30.6 Å². The first kappa shape index (κ1) is 15.1. The summed E-state index contributed by atoms with van der Waals surface area (Å²) in [6.45, 7) is 9.27. The molecule has 1 aromatic carbocycles. The van der Waals surface area contributed by atoms with Crippen molar-refractivity contribution in [2.45, 2.75) is 20.3 Å². The highest BCUT2D eigenvalue weighted by Gasteiger charge is 2.19. The molecule has 0 aromatic heterocycles. The van der Waals surface area contributed by atoms with E-state index in [0.717, 1.165) is 6.42 Å². The Kier molecular flexibility index (Phi) is 5.93. The third-order valence-corrected chi connectivity index (χ3v) is 2.69. The molecule has 2 N–H and O–H groups in total. The normalized spacial score (nSPS) is 10.0. The van der Waals surface area contributed by atoms with Crippen molar-refractivity contribution in [1.29, 1.82) is 0 Å². The van der Waals surface area contributed by atoms with Crippen LogP contribution in [0.25, 0.3) is 0 Å². The number of amides is 1. The Morgan fingerprint density at radius 2 is 2.21 bits per heavy atom. The second kappa shape index (κ2) is 7.46. The van der Waals surface area contributed by atoms with E-state index in [1.807, 2.05) is 13.8 Å². The van der Waals surface area contributed by atoms with Crippen LogP contribution in [0.4, 0.5) is 5.69 Å². The lowest BCUT2D eigenvalue weighted by molar-refractivity contribution is 0.0770. The summed E-state index contributed by atoms with van der Waals surface area (Å²) < 4.78 is 5.50. The number of hydrogen-bond donors (Lipinski definition) is 1. The molecule has 104 valence electrons. The SMILES string of the molecule is C=CCN(CCC)C(=O)c1cccc(N)c1OCC. The highest BCUT2D eigenvalue weighted by atomic mass is 16.5. The number of para-hydroxylation sites is 1. The van der Waals surface area contributed by atoms with Gasteiger partial charge in [-0.05, 0) is 25.5 Å². The number of benzene rings is 1. The maximum Gasteiger partial charge on any atom is 0.257 e. The van der Waals surface area contributed by atoms with Gasteiger partial charge in [0.25, 0.3) is 5.91 Å². The average Bonchev–Trinajstić information content (AvgIpc) is 2.40. The Bertz CT molecular complexity index is 444. The Hall–Kier alpha value is -1.97. The molecule has 0 spiro atoms. The first-order chi connectivity index (χ1) is 9.15. The molecular weight excluding hydrogens is 240 g/mol. The number of nitrogens with zero attached hydrogens (tertiary/aromatic N) is 1. The van der Waals surface area contributed by atoms with Crippen LogP contribution in [0, 0.1) is 0 Å². The number of hydrogen-bond acceptors (Lipinski definition) is 3. The maximum atomic E-state index is 12.5. The first-order valence-electron chi connectivity index (χ1n) is 6.57. The van der Waals surface area contributed by atoms with Crippen molar-refractivity contribution in [3.63, 3.8) is 0 Å². The number of nitrogens with two attached hydrogens (primary N) is 1. The molecule has 4 heteroatoms. The predicted molar refractivity (Wildman–Crippen MR) is 78.4 cm³/mol. The third kappa shape index (κ3) is 3.74. The number of ether oxygens (including phenoxy) is 1. The van der Waals surface area contributed by atoms with Crippen molar-refractivity contribution < 1.29 is 9.53 Å². The van der Waals surface area contributed by atoms with Crippen molar-refractivity contribution in [1.82, 2.24) is 4.90 Å². The van der Waals surface area contributed by atoms with Gasteiger partial charge in [0.2, 0.25) is 0 Å². The van der Waals surface area contributed by atoms with Crippen molar-refractivity contribution in [2.24, 2.45) is 0 Å². The second-order valence-electron chi connectivity index (χ2n) is 4.20. The molecule has 0 atom stereocenters. The molecule has 4 nitrogen and oxygen atoms in total. The van der Waals surface area contributed by atoms with Crippen molar-refractivity contribution >= 4 is 11.6 Å². The Balaban J connectivity index is 3.09. The zero-order valence-electron chi connectivity index (χ0n) is 11.7. The molecule has 0 radical (unpaired) electrons. The third-order valence-electron chi connectivity index (χ3n) is 2.69. The summed E-state index contributed by atoms with van der Waals surface area (Å²) in [7, 11) is 0. The van der Waals surface area contributed by atoms with E-state index in [1.54, 1.807) is 29.2 Å². The van der Waals surface area contributed by atoms with Crippen LogP contribution in [0.15, 0.2) is 30.9 Å². The minimum absolute atomic E-state index is 0.0718. The van der Waals surface area contributed by atoms with Crippen molar-refractivity contribution in [3.8, 4) is 5.75 Å². The highest BCUT2D eigenvalue weighted by molar-refractivity contribution is 5.98. The van der Waals surface area contributed by atoms with Crippen LogP contribution in [0.5, 0.6) is 5.75 Å². The van der Waals surface area contributed by atoms with Gasteiger partial charge in [-0.1, -0.05) is 19.1 Å². The fourth-order valence-corrected chi connectivity index (χ4v) is 1.90. The van der Waals surface area contributed by atoms with E-state index in [-0.39, 0.29) is 5.91 Å². The molecule has 0 heterocycles. The Morgan fingerprint density at radius 3 is 2.79 bits per heavy atom. The largest absolute Gasteiger partial charge is 0.491 e. The molecule has 1 rings (SSSR count). The average molecular weight is 262 g/mol. The molecule has 1 amide bonds. The number of carbonyl (C=O) groups excluding carboxylic acids is 1. The molecule has 0 aliphatic carbocycles. The van der Waals surface area contributed by atoms with E-state index in [4.69, 9.17) is 10.5 Å². The van der Waals surface area contributed by atoms with Gasteiger partial charge in [-0.25, -0.2) is 0 Å². The summed E-state index contributed by atoms with van der Waals surface area (Å²) in [5.41, 5.74) is 6.88. The van der Waals surface area contributed by atoms with Gasteiger partial charge in [-0.15, -0.1) is 6.58 Å². The highest BCUT2D eigenvalue weighted by Crippen LogP contribution is 2.27. The molecule has 0 unspecified atom stereocenters. The molecule has 19 heavy (non-hydrogen) atoms. The van der Waals surface area contributed by atoms with E-state index in [2.05, 4.69) is 6.58 Å². The maximum absolute atomic E-state index is 12.5. The molecule has 0 saturated carbocycles.